The van der Waals surface area contributed by atoms with Gasteiger partial charge >= 0.3 is 6.18 Å². The van der Waals surface area contributed by atoms with Gasteiger partial charge < -0.3 is 10.8 Å². The molecule has 1 unspecified atom stereocenters. The number of alkyl halides is 3. The van der Waals surface area contributed by atoms with E-state index in [1.165, 1.54) is 12.2 Å². The molecule has 0 aliphatic carbocycles. The van der Waals surface area contributed by atoms with Crippen molar-refractivity contribution < 1.29 is 18.3 Å². The summed E-state index contributed by atoms with van der Waals surface area (Å²) in [5, 5.41) is 8.43. The molecule has 0 heterocycles. The molecule has 0 aromatic heterocycles. The lowest BCUT2D eigenvalue weighted by Gasteiger charge is -2.15. The molecular weight excluding hydrogens is 183 g/mol. The highest BCUT2D eigenvalue weighted by molar-refractivity contribution is 5.11. The molecule has 0 aromatic rings. The van der Waals surface area contributed by atoms with Crippen molar-refractivity contribution in [3.63, 3.8) is 0 Å². The van der Waals surface area contributed by atoms with E-state index in [0.29, 0.717) is 0 Å². The summed E-state index contributed by atoms with van der Waals surface area (Å²) in [6, 6.07) is 0. The van der Waals surface area contributed by atoms with E-state index in [1.807, 2.05) is 0 Å². The number of hydrogen-bond donors (Lipinski definition) is 2. The van der Waals surface area contributed by atoms with E-state index in [4.69, 9.17) is 10.8 Å². The fourth-order valence-corrected chi connectivity index (χ4v) is 0.673. The van der Waals surface area contributed by atoms with Crippen LogP contribution in [0.2, 0.25) is 0 Å². The molecule has 0 fully saturated rings. The summed E-state index contributed by atoms with van der Waals surface area (Å²) in [7, 11) is 0. The Balaban J connectivity index is 4.23. The molecule has 0 aromatic carbocycles. The maximum absolute atomic E-state index is 12.0. The Morgan fingerprint density at radius 2 is 2.08 bits per heavy atom. The first-order valence-corrected chi connectivity index (χ1v) is 3.67. The van der Waals surface area contributed by atoms with Gasteiger partial charge in [-0.2, -0.15) is 13.2 Å². The lowest BCUT2D eigenvalue weighted by atomic mass is 10.1. The van der Waals surface area contributed by atoms with Crippen LogP contribution in [0.25, 0.3) is 0 Å². The van der Waals surface area contributed by atoms with Gasteiger partial charge in [-0.1, -0.05) is 12.7 Å². The molecule has 13 heavy (non-hydrogen) atoms. The Kier molecular flexibility index (Phi) is 4.55. The van der Waals surface area contributed by atoms with Crippen molar-refractivity contribution in [3.8, 4) is 0 Å². The topological polar surface area (TPSA) is 46.2 Å². The van der Waals surface area contributed by atoms with E-state index in [0.717, 1.165) is 0 Å². The Hall–Kier alpha value is -0.970. The Labute approximate surface area is 74.5 Å². The number of aliphatic hydroxyl groups is 1. The number of hydrogen-bond acceptors (Lipinski definition) is 2. The molecule has 0 aliphatic heterocycles. The van der Waals surface area contributed by atoms with Crippen molar-refractivity contribution in [2.75, 3.05) is 6.61 Å². The summed E-state index contributed by atoms with van der Waals surface area (Å²) in [4.78, 5) is 0. The quantitative estimate of drug-likeness (QED) is 0.669. The van der Waals surface area contributed by atoms with Crippen molar-refractivity contribution in [2.24, 2.45) is 11.7 Å². The molecule has 0 radical (unpaired) electrons. The fourth-order valence-electron chi connectivity index (χ4n) is 0.673. The Morgan fingerprint density at radius 1 is 1.54 bits per heavy atom. The minimum absolute atomic E-state index is 0.183. The molecule has 0 amide bonds. The zero-order valence-corrected chi connectivity index (χ0v) is 7.01. The lowest BCUT2D eigenvalue weighted by Crippen LogP contribution is -2.25. The third-order valence-electron chi connectivity index (χ3n) is 1.56. The van der Waals surface area contributed by atoms with Crippen molar-refractivity contribution in [3.05, 3.63) is 24.4 Å². The molecule has 0 bridgehead atoms. The SMILES string of the molecule is C=C/C(N)=C\CC(CO)C(F)(F)F. The molecule has 0 spiro atoms. The van der Waals surface area contributed by atoms with Crippen molar-refractivity contribution in [2.45, 2.75) is 12.6 Å². The van der Waals surface area contributed by atoms with Gasteiger partial charge in [-0.15, -0.1) is 0 Å². The van der Waals surface area contributed by atoms with Crippen LogP contribution in [0.15, 0.2) is 24.4 Å². The molecule has 1 atom stereocenters. The van der Waals surface area contributed by atoms with Crippen molar-refractivity contribution in [1.29, 1.82) is 0 Å². The summed E-state index contributed by atoms with van der Waals surface area (Å²) in [6.45, 7) is 2.36. The molecule has 0 saturated heterocycles. The van der Waals surface area contributed by atoms with Crippen molar-refractivity contribution >= 4 is 0 Å². The highest BCUT2D eigenvalue weighted by Crippen LogP contribution is 2.28. The van der Waals surface area contributed by atoms with Gasteiger partial charge in [-0.05, 0) is 12.5 Å². The van der Waals surface area contributed by atoms with Crippen molar-refractivity contribution in [1.82, 2.24) is 0 Å². The first kappa shape index (κ1) is 12.0. The maximum atomic E-state index is 12.0. The minimum atomic E-state index is -4.38. The summed E-state index contributed by atoms with van der Waals surface area (Å²) in [5.41, 5.74) is 5.40. The van der Waals surface area contributed by atoms with Crippen LogP contribution in [0.5, 0.6) is 0 Å². The van der Waals surface area contributed by atoms with Crippen LogP contribution in [0.1, 0.15) is 6.42 Å². The second kappa shape index (κ2) is 4.91. The number of nitrogens with two attached hydrogens (primary N) is 1. The standard InChI is InChI=1S/C8H12F3NO/c1-2-7(12)4-3-6(5-13)8(9,10)11/h2,4,6,13H,1,3,5,12H2/b7-4+. The second-order valence-corrected chi connectivity index (χ2v) is 2.57. The minimum Gasteiger partial charge on any atom is -0.399 e. The molecule has 0 aliphatic rings. The van der Waals surface area contributed by atoms with E-state index >= 15 is 0 Å². The Morgan fingerprint density at radius 3 is 2.38 bits per heavy atom. The summed E-state index contributed by atoms with van der Waals surface area (Å²) in [5.74, 6) is -1.74. The van der Waals surface area contributed by atoms with Crippen LogP contribution in [0.3, 0.4) is 0 Å². The number of aliphatic hydroxyl groups excluding tert-OH is 1. The molecule has 0 saturated carbocycles. The summed E-state index contributed by atoms with van der Waals surface area (Å²) >= 11 is 0. The predicted octanol–water partition coefficient (Wildman–Crippen LogP) is 1.58. The first-order valence-electron chi connectivity index (χ1n) is 3.67. The highest BCUT2D eigenvalue weighted by Gasteiger charge is 2.38. The van der Waals surface area contributed by atoms with E-state index in [-0.39, 0.29) is 12.1 Å². The smallest absolute Gasteiger partial charge is 0.394 e. The van der Waals surface area contributed by atoms with Crippen LogP contribution in [-0.2, 0) is 0 Å². The van der Waals surface area contributed by atoms with Gasteiger partial charge in [0.05, 0.1) is 12.5 Å². The van der Waals surface area contributed by atoms with Gasteiger partial charge in [0.15, 0.2) is 0 Å². The maximum Gasteiger partial charge on any atom is 0.394 e. The average molecular weight is 195 g/mol. The van der Waals surface area contributed by atoms with Gasteiger partial charge in [-0.3, -0.25) is 0 Å². The second-order valence-electron chi connectivity index (χ2n) is 2.57. The van der Waals surface area contributed by atoms with E-state index in [2.05, 4.69) is 6.58 Å². The molecule has 5 heteroatoms. The van der Waals surface area contributed by atoms with Gasteiger partial charge in [0.1, 0.15) is 0 Å². The molecule has 76 valence electrons. The number of allylic oxidation sites excluding steroid dienone is 2. The van der Waals surface area contributed by atoms with Gasteiger partial charge in [-0.25, -0.2) is 0 Å². The van der Waals surface area contributed by atoms with Gasteiger partial charge in [0.25, 0.3) is 0 Å². The number of halogens is 3. The highest BCUT2D eigenvalue weighted by atomic mass is 19.4. The predicted molar refractivity (Wildman–Crippen MR) is 43.7 cm³/mol. The zero-order chi connectivity index (χ0) is 10.5. The van der Waals surface area contributed by atoms with E-state index < -0.39 is 18.7 Å². The van der Waals surface area contributed by atoms with Crippen LogP contribution < -0.4 is 5.73 Å². The first-order chi connectivity index (χ1) is 5.91. The molecule has 3 N–H and O–H groups in total. The van der Waals surface area contributed by atoms with Gasteiger partial charge in [0, 0.05) is 5.70 Å². The van der Waals surface area contributed by atoms with Crippen LogP contribution in [0, 0.1) is 5.92 Å². The van der Waals surface area contributed by atoms with E-state index in [1.54, 1.807) is 0 Å². The third kappa shape index (κ3) is 4.57. The molecule has 2 nitrogen and oxygen atoms in total. The van der Waals surface area contributed by atoms with Crippen LogP contribution in [0.4, 0.5) is 13.2 Å². The monoisotopic (exact) mass is 195 g/mol. The lowest BCUT2D eigenvalue weighted by molar-refractivity contribution is -0.182. The summed E-state index contributed by atoms with van der Waals surface area (Å²) < 4.78 is 36.1. The Bertz CT molecular complexity index is 198. The summed E-state index contributed by atoms with van der Waals surface area (Å²) in [6.07, 6.45) is -2.25. The molecule has 0 rings (SSSR count). The number of rotatable bonds is 4. The van der Waals surface area contributed by atoms with Crippen LogP contribution in [-0.4, -0.2) is 17.9 Å². The van der Waals surface area contributed by atoms with E-state index in [9.17, 15) is 13.2 Å². The third-order valence-corrected chi connectivity index (χ3v) is 1.56. The zero-order valence-electron chi connectivity index (χ0n) is 7.01. The fraction of sp³-hybridized carbons (Fsp3) is 0.500. The average Bonchev–Trinajstić information content (AvgIpc) is 2.02. The normalized spacial score (nSPS) is 15.5. The largest absolute Gasteiger partial charge is 0.399 e. The van der Waals surface area contributed by atoms with Gasteiger partial charge in [0.2, 0.25) is 0 Å². The van der Waals surface area contributed by atoms with Crippen LogP contribution >= 0.6 is 0 Å². The molecular formula is C8H12F3NO.